The van der Waals surface area contributed by atoms with E-state index in [2.05, 4.69) is 10.1 Å². The summed E-state index contributed by atoms with van der Waals surface area (Å²) in [5.74, 6) is -1.75. The lowest BCUT2D eigenvalue weighted by Crippen LogP contribution is -2.41. The van der Waals surface area contributed by atoms with Gasteiger partial charge in [-0.15, -0.1) is 0 Å². The second kappa shape index (κ2) is 11.3. The van der Waals surface area contributed by atoms with E-state index in [1.807, 2.05) is 0 Å². The first-order chi connectivity index (χ1) is 20.6. The largest absolute Gasteiger partial charge is 0.436 e. The van der Waals surface area contributed by atoms with Gasteiger partial charge in [0.1, 0.15) is 11.6 Å². The number of Topliss-reactive ketones (excluding diaryl/α,β-unsaturated/α-hetero) is 1. The van der Waals surface area contributed by atoms with E-state index in [1.165, 1.54) is 45.6 Å². The SMILES string of the molecule is Cc1cc(Oc2ccccc2F)ncc1-n1ncc(C(=O)C2=Cc3cc(F)c(CS(=O)(=O)N4CCOCC4)cc3C2)c1N. The summed E-state index contributed by atoms with van der Waals surface area (Å²) >= 11 is 0. The molecule has 0 radical (unpaired) electrons. The van der Waals surface area contributed by atoms with E-state index in [1.54, 1.807) is 31.2 Å². The molecule has 1 saturated heterocycles. The number of para-hydroxylation sites is 1. The van der Waals surface area contributed by atoms with Crippen LogP contribution in [0.1, 0.15) is 32.6 Å². The van der Waals surface area contributed by atoms with Gasteiger partial charge in [-0.25, -0.2) is 26.9 Å². The highest BCUT2D eigenvalue weighted by Crippen LogP contribution is 2.32. The highest BCUT2D eigenvalue weighted by atomic mass is 32.2. The molecule has 0 unspecified atom stereocenters. The van der Waals surface area contributed by atoms with Gasteiger partial charge in [0.25, 0.3) is 0 Å². The molecule has 0 saturated carbocycles. The van der Waals surface area contributed by atoms with Crippen molar-refractivity contribution in [2.75, 3.05) is 32.0 Å². The predicted octanol–water partition coefficient (Wildman–Crippen LogP) is 4.21. The number of carbonyl (C=O) groups is 1. The molecule has 1 aliphatic heterocycles. The molecule has 6 rings (SSSR count). The zero-order valence-corrected chi connectivity index (χ0v) is 23.9. The van der Waals surface area contributed by atoms with Crippen molar-refractivity contribution in [1.82, 2.24) is 19.1 Å². The molecule has 3 heterocycles. The van der Waals surface area contributed by atoms with Gasteiger partial charge in [0, 0.05) is 36.7 Å². The molecule has 1 aliphatic carbocycles. The fourth-order valence-electron chi connectivity index (χ4n) is 5.12. The molecule has 222 valence electrons. The van der Waals surface area contributed by atoms with E-state index in [-0.39, 0.29) is 53.9 Å². The Kier molecular flexibility index (Phi) is 7.54. The number of hydrogen-bond donors (Lipinski definition) is 1. The highest BCUT2D eigenvalue weighted by Gasteiger charge is 2.29. The summed E-state index contributed by atoms with van der Waals surface area (Å²) in [5, 5.41) is 4.29. The number of halogens is 2. The number of nitrogen functional groups attached to an aromatic ring is 1. The Bertz CT molecular complexity index is 1880. The van der Waals surface area contributed by atoms with Crippen LogP contribution in [0.2, 0.25) is 0 Å². The average Bonchev–Trinajstić information content (AvgIpc) is 3.57. The quantitative estimate of drug-likeness (QED) is 0.295. The molecule has 2 N–H and O–H groups in total. The predicted molar refractivity (Wildman–Crippen MR) is 154 cm³/mol. The van der Waals surface area contributed by atoms with Crippen LogP contribution in [0.4, 0.5) is 14.6 Å². The smallest absolute Gasteiger partial charge is 0.219 e. The fourth-order valence-corrected chi connectivity index (χ4v) is 6.63. The van der Waals surface area contributed by atoms with Gasteiger partial charge in [0.2, 0.25) is 15.9 Å². The number of ketones is 1. The Morgan fingerprint density at radius 2 is 1.86 bits per heavy atom. The second-order valence-electron chi connectivity index (χ2n) is 10.3. The van der Waals surface area contributed by atoms with Crippen molar-refractivity contribution in [1.29, 1.82) is 0 Å². The third kappa shape index (κ3) is 5.66. The Balaban J connectivity index is 1.19. The Hall–Kier alpha value is -4.46. The second-order valence-corrected chi connectivity index (χ2v) is 12.3. The maximum absolute atomic E-state index is 15.0. The number of fused-ring (bicyclic) bond motifs is 1. The molecule has 0 amide bonds. The molecule has 0 spiro atoms. The Morgan fingerprint density at radius 3 is 2.60 bits per heavy atom. The van der Waals surface area contributed by atoms with Crippen LogP contribution in [0.15, 0.2) is 60.4 Å². The van der Waals surface area contributed by atoms with Gasteiger partial charge < -0.3 is 15.2 Å². The summed E-state index contributed by atoms with van der Waals surface area (Å²) < 4.78 is 68.1. The summed E-state index contributed by atoms with van der Waals surface area (Å²) in [4.78, 5) is 17.7. The fraction of sp³-hybridized carbons (Fsp3) is 0.233. The Labute approximate surface area is 246 Å². The van der Waals surface area contributed by atoms with Crippen LogP contribution in [0.5, 0.6) is 11.6 Å². The van der Waals surface area contributed by atoms with E-state index in [0.717, 1.165) is 0 Å². The summed E-state index contributed by atoms with van der Waals surface area (Å²) in [6.07, 6.45) is 4.58. The minimum absolute atomic E-state index is 0.0326. The number of ether oxygens (including phenoxy) is 2. The monoisotopic (exact) mass is 607 g/mol. The minimum atomic E-state index is -3.73. The summed E-state index contributed by atoms with van der Waals surface area (Å²) in [7, 11) is -3.73. The molecule has 2 aliphatic rings. The third-order valence-electron chi connectivity index (χ3n) is 7.40. The van der Waals surface area contributed by atoms with Gasteiger partial charge in [-0.3, -0.25) is 4.79 Å². The average molecular weight is 608 g/mol. The molecule has 1 fully saturated rings. The molecule has 13 heteroatoms. The normalized spacial score (nSPS) is 15.3. The third-order valence-corrected chi connectivity index (χ3v) is 9.23. The number of allylic oxidation sites excluding steroid dienone is 1. The van der Waals surface area contributed by atoms with E-state index in [4.69, 9.17) is 15.2 Å². The number of anilines is 1. The van der Waals surface area contributed by atoms with Crippen molar-refractivity contribution < 1.29 is 31.5 Å². The summed E-state index contributed by atoms with van der Waals surface area (Å²) in [6, 6.07) is 10.3. The van der Waals surface area contributed by atoms with E-state index in [0.29, 0.717) is 41.2 Å². The molecule has 10 nitrogen and oxygen atoms in total. The number of aryl methyl sites for hydroxylation is 1. The van der Waals surface area contributed by atoms with E-state index in [9.17, 15) is 22.0 Å². The number of carbonyl (C=O) groups excluding carboxylic acids is 1. The zero-order chi connectivity index (χ0) is 30.3. The number of rotatable bonds is 8. The van der Waals surface area contributed by atoms with Crippen LogP contribution >= 0.6 is 0 Å². The lowest BCUT2D eigenvalue weighted by Gasteiger charge is -2.26. The molecule has 4 aromatic rings. The van der Waals surface area contributed by atoms with Crippen LogP contribution in [-0.4, -0.2) is 59.6 Å². The first-order valence-corrected chi connectivity index (χ1v) is 15.1. The van der Waals surface area contributed by atoms with Crippen molar-refractivity contribution >= 4 is 27.7 Å². The number of morpholine rings is 1. The minimum Gasteiger partial charge on any atom is -0.436 e. The number of nitrogens with zero attached hydrogens (tertiary/aromatic N) is 4. The van der Waals surface area contributed by atoms with Crippen LogP contribution in [0, 0.1) is 18.6 Å². The van der Waals surface area contributed by atoms with Crippen LogP contribution in [-0.2, 0) is 26.9 Å². The topological polar surface area (TPSA) is 130 Å². The number of aromatic nitrogens is 3. The Morgan fingerprint density at radius 1 is 1.09 bits per heavy atom. The molecule has 2 aromatic carbocycles. The number of pyridine rings is 1. The van der Waals surface area contributed by atoms with Gasteiger partial charge in [-0.05, 0) is 47.9 Å². The van der Waals surface area contributed by atoms with Crippen molar-refractivity contribution in [3.63, 3.8) is 0 Å². The van der Waals surface area contributed by atoms with Crippen LogP contribution in [0.25, 0.3) is 11.8 Å². The molecule has 43 heavy (non-hydrogen) atoms. The van der Waals surface area contributed by atoms with Gasteiger partial charge in [0.15, 0.2) is 17.3 Å². The number of benzene rings is 2. The molecule has 0 bridgehead atoms. The summed E-state index contributed by atoms with van der Waals surface area (Å²) in [6.45, 7) is 2.82. The van der Waals surface area contributed by atoms with Gasteiger partial charge >= 0.3 is 0 Å². The highest BCUT2D eigenvalue weighted by molar-refractivity contribution is 7.88. The standard InChI is InChI=1S/C30H27F2N5O5S/c1-18-10-28(42-27-5-3-2-4-24(27)31)34-16-26(18)37-30(33)23(15-35-37)29(38)21-11-19-13-22(25(32)14-20(19)12-21)17-43(39,40)36-6-8-41-9-7-36/h2-5,10,12-16H,6-9,11,17,33H2,1H3. The lowest BCUT2D eigenvalue weighted by molar-refractivity contribution is 0.0729. The maximum Gasteiger partial charge on any atom is 0.219 e. The summed E-state index contributed by atoms with van der Waals surface area (Å²) in [5.41, 5.74) is 9.23. The van der Waals surface area contributed by atoms with Gasteiger partial charge in [-0.2, -0.15) is 9.40 Å². The zero-order valence-electron chi connectivity index (χ0n) is 23.1. The molecule has 2 aromatic heterocycles. The number of nitrogens with two attached hydrogens (primary N) is 1. The first kappa shape index (κ1) is 28.6. The van der Waals surface area contributed by atoms with Gasteiger partial charge in [0.05, 0.1) is 42.6 Å². The van der Waals surface area contributed by atoms with Crippen molar-refractivity contribution in [3.05, 3.63) is 99.9 Å². The lowest BCUT2D eigenvalue weighted by atomic mass is 10.0. The van der Waals surface area contributed by atoms with Crippen molar-refractivity contribution in [3.8, 4) is 17.3 Å². The van der Waals surface area contributed by atoms with E-state index >= 15 is 0 Å². The maximum atomic E-state index is 15.0. The first-order valence-electron chi connectivity index (χ1n) is 13.5. The van der Waals surface area contributed by atoms with Crippen LogP contribution < -0.4 is 10.5 Å². The van der Waals surface area contributed by atoms with Crippen molar-refractivity contribution in [2.45, 2.75) is 19.1 Å². The molecular weight excluding hydrogens is 580 g/mol. The molecule has 0 atom stereocenters. The van der Waals surface area contributed by atoms with Crippen molar-refractivity contribution in [2.24, 2.45) is 0 Å². The van der Waals surface area contributed by atoms with Crippen LogP contribution in [0.3, 0.4) is 0 Å². The molecular formula is C30H27F2N5O5S. The number of sulfonamides is 1. The number of hydrogen-bond acceptors (Lipinski definition) is 8. The van der Waals surface area contributed by atoms with E-state index < -0.39 is 27.4 Å². The van der Waals surface area contributed by atoms with Gasteiger partial charge in [-0.1, -0.05) is 18.2 Å².